The molecule has 2 heterocycles. The molecule has 0 spiro atoms. The van der Waals surface area contributed by atoms with Crippen LogP contribution < -0.4 is 16.2 Å². The van der Waals surface area contributed by atoms with Gasteiger partial charge >= 0.3 is 6.09 Å². The van der Waals surface area contributed by atoms with E-state index in [-0.39, 0.29) is 31.1 Å². The van der Waals surface area contributed by atoms with Crippen LogP contribution in [-0.4, -0.2) is 77.5 Å². The molecule has 0 bridgehead atoms. The van der Waals surface area contributed by atoms with Crippen LogP contribution in [-0.2, 0) is 19.1 Å². The van der Waals surface area contributed by atoms with Gasteiger partial charge in [0, 0.05) is 26.8 Å². The molecule has 1 aromatic heterocycles. The van der Waals surface area contributed by atoms with Crippen LogP contribution in [0.2, 0.25) is 0 Å². The summed E-state index contributed by atoms with van der Waals surface area (Å²) in [5.41, 5.74) is -1.36. The number of nitrogens with zero attached hydrogens (tertiary/aromatic N) is 3. The van der Waals surface area contributed by atoms with Gasteiger partial charge in [-0.15, -0.1) is 0 Å². The summed E-state index contributed by atoms with van der Waals surface area (Å²) in [4.78, 5) is 66.1. The molecule has 0 aromatic carbocycles. The molecule has 2 N–H and O–H groups in total. The average Bonchev–Trinajstić information content (AvgIpc) is 2.78. The van der Waals surface area contributed by atoms with Gasteiger partial charge in [-0.3, -0.25) is 24.5 Å². The molecule has 1 atom stereocenters. The second-order valence-electron chi connectivity index (χ2n) is 9.76. The first-order valence-electron chi connectivity index (χ1n) is 12.0. The van der Waals surface area contributed by atoms with Gasteiger partial charge in [-0.2, -0.15) is 0 Å². The quantitative estimate of drug-likeness (QED) is 0.593. The summed E-state index contributed by atoms with van der Waals surface area (Å²) in [6.07, 6.45) is 7.03. The van der Waals surface area contributed by atoms with Gasteiger partial charge in [0.05, 0.1) is 13.1 Å². The molecule has 0 fully saturated rings. The first kappa shape index (κ1) is 28.6. The van der Waals surface area contributed by atoms with Crippen LogP contribution in [0, 0.1) is 0 Å². The number of likely N-dealkylation sites (N-methyl/N-ethyl adjacent to an activating group) is 2. The van der Waals surface area contributed by atoms with E-state index in [1.54, 1.807) is 38.8 Å². The maximum atomic E-state index is 13.1. The summed E-state index contributed by atoms with van der Waals surface area (Å²) in [6, 6.07) is 2.02. The second-order valence-corrected chi connectivity index (χ2v) is 9.76. The van der Waals surface area contributed by atoms with E-state index in [2.05, 4.69) is 10.6 Å². The molecule has 0 radical (unpaired) electrons. The molecule has 11 heteroatoms. The molecule has 0 saturated heterocycles. The number of hydrogen-bond acceptors (Lipinski definition) is 6. The summed E-state index contributed by atoms with van der Waals surface area (Å²) in [7, 11) is 3.20. The van der Waals surface area contributed by atoms with E-state index in [0.717, 1.165) is 19.3 Å². The first-order chi connectivity index (χ1) is 16.9. The monoisotopic (exact) mass is 503 g/mol. The molecule has 36 heavy (non-hydrogen) atoms. The minimum Gasteiger partial charge on any atom is -0.444 e. The van der Waals surface area contributed by atoms with Crippen molar-refractivity contribution in [1.82, 2.24) is 19.7 Å². The maximum absolute atomic E-state index is 13.1. The molecular formula is C25H37N5O6. The number of carbonyl (C=O) groups excluding carboxylic acids is 4. The highest BCUT2D eigenvalue weighted by Crippen LogP contribution is 2.15. The van der Waals surface area contributed by atoms with E-state index in [9.17, 15) is 24.0 Å². The van der Waals surface area contributed by atoms with Crippen molar-refractivity contribution in [2.75, 3.05) is 39.0 Å². The lowest BCUT2D eigenvalue weighted by atomic mass is 10.1. The number of aromatic nitrogens is 1. The van der Waals surface area contributed by atoms with Crippen LogP contribution in [0.4, 0.5) is 10.5 Å². The van der Waals surface area contributed by atoms with E-state index in [1.807, 2.05) is 12.2 Å². The Morgan fingerprint density at radius 2 is 1.78 bits per heavy atom. The lowest BCUT2D eigenvalue weighted by Gasteiger charge is -2.23. The molecule has 1 aromatic rings. The van der Waals surface area contributed by atoms with E-state index in [0.29, 0.717) is 6.54 Å². The summed E-state index contributed by atoms with van der Waals surface area (Å²) in [5, 5.41) is 5.01. The topological polar surface area (TPSA) is 130 Å². The number of ether oxygens (including phenoxy) is 1. The molecule has 1 unspecified atom stereocenters. The number of rotatable bonds is 2. The van der Waals surface area contributed by atoms with Gasteiger partial charge in [-0.05, 0) is 58.6 Å². The van der Waals surface area contributed by atoms with Gasteiger partial charge < -0.3 is 24.4 Å². The highest BCUT2D eigenvalue weighted by molar-refractivity contribution is 5.89. The van der Waals surface area contributed by atoms with Crippen LogP contribution in [0.1, 0.15) is 52.5 Å². The predicted octanol–water partition coefficient (Wildman–Crippen LogP) is 1.90. The molecule has 11 nitrogen and oxygen atoms in total. The van der Waals surface area contributed by atoms with Crippen molar-refractivity contribution in [3.05, 3.63) is 40.8 Å². The van der Waals surface area contributed by atoms with Crippen LogP contribution in [0.15, 0.2) is 35.3 Å². The van der Waals surface area contributed by atoms with Crippen molar-refractivity contribution < 1.29 is 23.9 Å². The molecule has 1 aliphatic heterocycles. The molecule has 4 amide bonds. The number of allylic oxidation sites excluding steroid dienone is 2. The summed E-state index contributed by atoms with van der Waals surface area (Å²) >= 11 is 0. The van der Waals surface area contributed by atoms with Gasteiger partial charge in [0.15, 0.2) is 0 Å². The van der Waals surface area contributed by atoms with Crippen LogP contribution in [0.3, 0.4) is 0 Å². The zero-order valence-corrected chi connectivity index (χ0v) is 21.7. The third-order valence-electron chi connectivity index (χ3n) is 5.53. The van der Waals surface area contributed by atoms with Gasteiger partial charge in [0.2, 0.25) is 17.7 Å². The lowest BCUT2D eigenvalue weighted by Crippen LogP contribution is -2.45. The van der Waals surface area contributed by atoms with Gasteiger partial charge in [0.25, 0.3) is 5.56 Å². The zero-order valence-electron chi connectivity index (χ0n) is 21.7. The molecule has 2 rings (SSSR count). The number of hydrogen-bond donors (Lipinski definition) is 2. The maximum Gasteiger partial charge on any atom is 0.412 e. The largest absolute Gasteiger partial charge is 0.444 e. The first-order valence-corrected chi connectivity index (χ1v) is 12.0. The normalized spacial score (nSPS) is 20.0. The zero-order chi connectivity index (χ0) is 26.9. The van der Waals surface area contributed by atoms with E-state index in [1.165, 1.54) is 28.8 Å². The third kappa shape index (κ3) is 8.86. The van der Waals surface area contributed by atoms with E-state index >= 15 is 0 Å². The lowest BCUT2D eigenvalue weighted by molar-refractivity contribution is -0.139. The highest BCUT2D eigenvalue weighted by atomic mass is 16.6. The number of nitrogens with one attached hydrogen (secondary N) is 2. The number of pyridine rings is 1. The Bertz CT molecular complexity index is 1040. The van der Waals surface area contributed by atoms with Crippen molar-refractivity contribution >= 4 is 29.5 Å². The van der Waals surface area contributed by atoms with Crippen molar-refractivity contribution in [2.24, 2.45) is 0 Å². The number of amides is 4. The molecule has 1 aliphatic rings. The van der Waals surface area contributed by atoms with Gasteiger partial charge in [0.1, 0.15) is 17.3 Å². The Labute approximate surface area is 211 Å². The Morgan fingerprint density at radius 3 is 2.47 bits per heavy atom. The predicted molar refractivity (Wildman–Crippen MR) is 135 cm³/mol. The Hall–Kier alpha value is -3.63. The summed E-state index contributed by atoms with van der Waals surface area (Å²) in [6.45, 7) is 5.29. The standard InChI is InChI=1S/C25H37N5O6/c1-25(2,3)36-24(35)27-18-12-11-15-30(23(18)34)19-13-9-7-6-8-10-14-28(4)21(32)17-29(5)20(31)16-26-22(19)33/h7,9,11-12,15,19H,6,8,10,13-14,16-17H2,1-5H3,(H,26,33)(H,27,35)/b9-7+. The molecule has 0 aliphatic carbocycles. The fourth-order valence-corrected chi connectivity index (χ4v) is 3.52. The summed E-state index contributed by atoms with van der Waals surface area (Å²) in [5.74, 6) is -1.15. The van der Waals surface area contributed by atoms with Crippen molar-refractivity contribution in [2.45, 2.75) is 58.1 Å². The molecule has 0 saturated carbocycles. The van der Waals surface area contributed by atoms with Crippen molar-refractivity contribution in [3.63, 3.8) is 0 Å². The Balaban J connectivity index is 2.28. The Morgan fingerprint density at radius 1 is 1.06 bits per heavy atom. The number of anilines is 1. The average molecular weight is 504 g/mol. The van der Waals surface area contributed by atoms with E-state index in [4.69, 9.17) is 4.74 Å². The van der Waals surface area contributed by atoms with Gasteiger partial charge in [-0.1, -0.05) is 12.2 Å². The number of carbonyl (C=O) groups is 4. The Kier molecular flexibility index (Phi) is 10.2. The van der Waals surface area contributed by atoms with E-state index < -0.39 is 35.1 Å². The minimum absolute atomic E-state index is 0.0332. The SMILES string of the molecule is CN1CCCC/C=C/CC(n2cccc(NC(=O)OC(C)(C)C)c2=O)C(=O)NCC(=O)N(C)CC1=O. The van der Waals surface area contributed by atoms with Crippen LogP contribution in [0.25, 0.3) is 0 Å². The molecule has 198 valence electrons. The highest BCUT2D eigenvalue weighted by Gasteiger charge is 2.24. The smallest absolute Gasteiger partial charge is 0.412 e. The summed E-state index contributed by atoms with van der Waals surface area (Å²) < 4.78 is 6.44. The van der Waals surface area contributed by atoms with Crippen molar-refractivity contribution in [3.8, 4) is 0 Å². The second kappa shape index (κ2) is 12.9. The van der Waals surface area contributed by atoms with Crippen molar-refractivity contribution in [1.29, 1.82) is 0 Å². The van der Waals surface area contributed by atoms with Crippen LogP contribution >= 0.6 is 0 Å². The molecular weight excluding hydrogens is 466 g/mol. The van der Waals surface area contributed by atoms with Crippen LogP contribution in [0.5, 0.6) is 0 Å². The fourth-order valence-electron chi connectivity index (χ4n) is 3.52. The fraction of sp³-hybridized carbons (Fsp3) is 0.560. The minimum atomic E-state index is -0.951. The third-order valence-corrected chi connectivity index (χ3v) is 5.53. The van der Waals surface area contributed by atoms with Gasteiger partial charge in [-0.25, -0.2) is 4.79 Å².